The number of anilines is 4. The van der Waals surface area contributed by atoms with Gasteiger partial charge in [0.05, 0.1) is 11.4 Å². The van der Waals surface area contributed by atoms with Crippen molar-refractivity contribution in [2.24, 2.45) is 0 Å². The predicted molar refractivity (Wildman–Crippen MR) is 197 cm³/mol. The van der Waals surface area contributed by atoms with E-state index in [1.54, 1.807) is 0 Å². The Hall–Kier alpha value is -6.86. The van der Waals surface area contributed by atoms with Gasteiger partial charge in [0.2, 0.25) is 0 Å². The van der Waals surface area contributed by atoms with E-state index in [0.717, 1.165) is 12.1 Å². The van der Waals surface area contributed by atoms with Crippen LogP contribution in [0.3, 0.4) is 0 Å². The molecule has 0 spiro atoms. The van der Waals surface area contributed by atoms with Gasteiger partial charge in [-0.1, -0.05) is 12.1 Å². The van der Waals surface area contributed by atoms with E-state index in [-0.39, 0.29) is 45.4 Å². The summed E-state index contributed by atoms with van der Waals surface area (Å²) < 4.78 is 67.5. The average Bonchev–Trinajstić information content (AvgIpc) is 3.10. The number of benzene rings is 6. The van der Waals surface area contributed by atoms with E-state index in [1.807, 2.05) is 0 Å². The summed E-state index contributed by atoms with van der Waals surface area (Å²) >= 11 is 0. The summed E-state index contributed by atoms with van der Waals surface area (Å²) in [4.78, 5) is 50.0. The van der Waals surface area contributed by atoms with Crippen LogP contribution in [0.15, 0.2) is 119 Å². The molecule has 6 aromatic carbocycles. The van der Waals surface area contributed by atoms with Crippen molar-refractivity contribution in [3.8, 4) is 11.5 Å². The molecule has 0 aliphatic heterocycles. The third-order valence-electron chi connectivity index (χ3n) is 7.91. The quantitative estimate of drug-likeness (QED) is 0.0753. The molecule has 6 aromatic rings. The number of amides is 4. The van der Waals surface area contributed by atoms with E-state index >= 15 is 0 Å². The Bertz CT molecular complexity index is 2560. The summed E-state index contributed by atoms with van der Waals surface area (Å²) in [5.41, 5.74) is -0.220. The zero-order chi connectivity index (χ0) is 38.9. The first-order valence-electron chi connectivity index (χ1n) is 15.4. The first-order chi connectivity index (χ1) is 25.4. The second-order valence-electron chi connectivity index (χ2n) is 11.7. The number of phenols is 2. The van der Waals surface area contributed by atoms with Crippen LogP contribution in [0.4, 0.5) is 22.7 Å². The number of fused-ring (bicyclic) bond motifs is 2. The molecule has 0 saturated heterocycles. The predicted octanol–water partition coefficient (Wildman–Crippen LogP) is 4.98. The van der Waals surface area contributed by atoms with Gasteiger partial charge in [0.1, 0.15) is 21.3 Å². The highest BCUT2D eigenvalue weighted by molar-refractivity contribution is 7.86. The van der Waals surface area contributed by atoms with Gasteiger partial charge < -0.3 is 31.5 Å². The Kier molecular flexibility index (Phi) is 9.76. The Labute approximate surface area is 305 Å². The van der Waals surface area contributed by atoms with Crippen molar-refractivity contribution >= 4 is 88.2 Å². The summed E-state index contributed by atoms with van der Waals surface area (Å²) in [6, 6.07) is 23.4. The molecular weight excluding hydrogens is 745 g/mol. The van der Waals surface area contributed by atoms with E-state index in [1.165, 1.54) is 97.1 Å². The molecule has 0 radical (unpaired) electrons. The maximum Gasteiger partial charge on any atom is 0.314 e. The molecule has 4 amide bonds. The maximum absolute atomic E-state index is 13.0. The molecule has 0 aliphatic carbocycles. The van der Waals surface area contributed by atoms with Crippen LogP contribution in [0, 0.1) is 0 Å². The third-order valence-corrected chi connectivity index (χ3v) is 9.70. The van der Waals surface area contributed by atoms with Crippen molar-refractivity contribution in [2.45, 2.75) is 9.79 Å². The van der Waals surface area contributed by atoms with Crippen molar-refractivity contribution in [3.05, 3.63) is 120 Å². The molecule has 6 rings (SSSR count). The van der Waals surface area contributed by atoms with E-state index in [4.69, 9.17) is 0 Å². The molecule has 54 heavy (non-hydrogen) atoms. The van der Waals surface area contributed by atoms with Crippen LogP contribution in [-0.4, -0.2) is 59.8 Å². The molecular formula is C36H26N4O12S2. The molecule has 0 unspecified atom stereocenters. The smallest absolute Gasteiger partial charge is 0.314 e. The fourth-order valence-corrected chi connectivity index (χ4v) is 6.65. The molecule has 18 heteroatoms. The molecule has 0 heterocycles. The van der Waals surface area contributed by atoms with Gasteiger partial charge in [0.25, 0.3) is 32.1 Å². The molecule has 274 valence electrons. The number of hydrogen-bond donors (Lipinski definition) is 8. The van der Waals surface area contributed by atoms with Crippen molar-refractivity contribution in [1.82, 2.24) is 0 Å². The van der Waals surface area contributed by atoms with Crippen LogP contribution in [0.1, 0.15) is 20.7 Å². The molecule has 0 atom stereocenters. The van der Waals surface area contributed by atoms with Crippen molar-refractivity contribution in [1.29, 1.82) is 0 Å². The van der Waals surface area contributed by atoms with Crippen LogP contribution in [-0.2, 0) is 29.8 Å². The fraction of sp³-hybridized carbons (Fsp3) is 0. The Morgan fingerprint density at radius 2 is 0.778 bits per heavy atom. The lowest BCUT2D eigenvalue weighted by Gasteiger charge is -2.12. The van der Waals surface area contributed by atoms with Gasteiger partial charge in [-0.2, -0.15) is 16.8 Å². The first-order valence-corrected chi connectivity index (χ1v) is 18.3. The van der Waals surface area contributed by atoms with Gasteiger partial charge in [0, 0.05) is 22.5 Å². The Balaban J connectivity index is 1.08. The summed E-state index contributed by atoms with van der Waals surface area (Å²) in [6.07, 6.45) is 0. The zero-order valence-corrected chi connectivity index (χ0v) is 28.9. The zero-order valence-electron chi connectivity index (χ0n) is 27.3. The summed E-state index contributed by atoms with van der Waals surface area (Å²) in [5, 5.41) is 30.6. The number of carbonyl (C=O) groups excluding carboxylic acids is 4. The molecule has 0 aliphatic rings. The minimum Gasteiger partial charge on any atom is -0.508 e. The summed E-state index contributed by atoms with van der Waals surface area (Å²) in [5.74, 6) is -3.94. The molecule has 0 bridgehead atoms. The van der Waals surface area contributed by atoms with Gasteiger partial charge in [-0.15, -0.1) is 0 Å². The van der Waals surface area contributed by atoms with Crippen LogP contribution in [0.2, 0.25) is 0 Å². The van der Waals surface area contributed by atoms with E-state index < -0.39 is 53.7 Å². The Morgan fingerprint density at radius 3 is 1.11 bits per heavy atom. The van der Waals surface area contributed by atoms with Crippen molar-refractivity contribution < 1.29 is 55.3 Å². The minimum absolute atomic E-state index is 0.0213. The van der Waals surface area contributed by atoms with Gasteiger partial charge in [-0.05, 0) is 119 Å². The topological polar surface area (TPSA) is 266 Å². The highest BCUT2D eigenvalue weighted by Gasteiger charge is 2.22. The van der Waals surface area contributed by atoms with Gasteiger partial charge >= 0.3 is 11.8 Å². The highest BCUT2D eigenvalue weighted by Crippen LogP contribution is 2.32. The second-order valence-corrected chi connectivity index (χ2v) is 14.5. The lowest BCUT2D eigenvalue weighted by molar-refractivity contribution is -0.132. The fourth-order valence-electron chi connectivity index (χ4n) is 5.33. The molecule has 0 saturated carbocycles. The van der Waals surface area contributed by atoms with Gasteiger partial charge in [-0.25, -0.2) is 0 Å². The highest BCUT2D eigenvalue weighted by atomic mass is 32.2. The molecule has 0 fully saturated rings. The summed E-state index contributed by atoms with van der Waals surface area (Å²) in [7, 11) is -9.52. The number of aromatic hydroxyl groups is 2. The van der Waals surface area contributed by atoms with E-state index in [9.17, 15) is 55.3 Å². The van der Waals surface area contributed by atoms with Gasteiger partial charge in [0.15, 0.2) is 0 Å². The third kappa shape index (κ3) is 8.27. The number of nitrogens with one attached hydrogen (secondary N) is 4. The number of hydrogen-bond acceptors (Lipinski definition) is 10. The molecule has 0 aromatic heterocycles. The van der Waals surface area contributed by atoms with E-state index in [2.05, 4.69) is 21.3 Å². The normalized spacial score (nSPS) is 11.5. The van der Waals surface area contributed by atoms with E-state index in [0.29, 0.717) is 21.5 Å². The Morgan fingerprint density at radius 1 is 0.426 bits per heavy atom. The molecule has 16 nitrogen and oxygen atoms in total. The van der Waals surface area contributed by atoms with Crippen LogP contribution in [0.5, 0.6) is 11.5 Å². The average molecular weight is 771 g/mol. The lowest BCUT2D eigenvalue weighted by Crippen LogP contribution is -2.29. The maximum atomic E-state index is 13.0. The lowest BCUT2D eigenvalue weighted by atomic mass is 10.1. The van der Waals surface area contributed by atoms with Crippen LogP contribution < -0.4 is 21.3 Å². The van der Waals surface area contributed by atoms with Crippen LogP contribution in [0.25, 0.3) is 21.5 Å². The van der Waals surface area contributed by atoms with Crippen molar-refractivity contribution in [2.75, 3.05) is 21.3 Å². The van der Waals surface area contributed by atoms with Gasteiger partial charge in [-0.3, -0.25) is 28.3 Å². The monoisotopic (exact) mass is 770 g/mol. The standard InChI is InChI=1S/C36H26N4O12S2/c41-27-11-5-21-17-31(53(47,48)49)29(15-23(21)13-27)39-33(43)19-1-7-25(8-2-19)37-35(45)36(46)38-26-9-3-20(4-10-26)34(44)40-30-16-24-14-28(42)12-6-22(24)18-32(30)54(50,51)52/h1-18,41-42H,(H,37,45)(H,38,46)(H,39,43)(H,40,44)(H,47,48,49)(H,50,51,52). The van der Waals surface area contributed by atoms with Crippen molar-refractivity contribution in [3.63, 3.8) is 0 Å². The number of rotatable bonds is 8. The summed E-state index contributed by atoms with van der Waals surface area (Å²) in [6.45, 7) is 0. The number of carbonyl (C=O) groups is 4. The van der Waals surface area contributed by atoms with Crippen LogP contribution >= 0.6 is 0 Å². The SMILES string of the molecule is O=C(Nc1ccc(C(=O)Nc2cc3cc(O)ccc3cc2S(=O)(=O)O)cc1)C(=O)Nc1ccc(C(=O)Nc2cc3cc(O)ccc3cc2S(=O)(=O)O)cc1. The minimum atomic E-state index is -4.76. The first kappa shape index (κ1) is 36.9. The second kappa shape index (κ2) is 14.3. The largest absolute Gasteiger partial charge is 0.508 e. The number of phenolic OH excluding ortho intramolecular Hbond substituents is 2. The molecule has 8 N–H and O–H groups in total.